The van der Waals surface area contributed by atoms with Gasteiger partial charge in [0.25, 0.3) is 0 Å². The van der Waals surface area contributed by atoms with Crippen LogP contribution in [-0.4, -0.2) is 68.0 Å². The molecule has 0 radical (unpaired) electrons. The summed E-state index contributed by atoms with van der Waals surface area (Å²) in [6, 6.07) is 21.0. The normalized spacial score (nSPS) is 18.9. The number of halogens is 6. The Labute approximate surface area is 382 Å². The average molecular weight is 939 g/mol. The summed E-state index contributed by atoms with van der Waals surface area (Å²) in [6.07, 6.45) is -11.3. The quantitative estimate of drug-likeness (QED) is 0.0647. The van der Waals surface area contributed by atoms with Crippen LogP contribution in [-0.2, 0) is 19.1 Å². The second kappa shape index (κ2) is 20.8. The van der Waals surface area contributed by atoms with Crippen LogP contribution in [0.25, 0.3) is 21.5 Å². The summed E-state index contributed by atoms with van der Waals surface area (Å²) >= 11 is 0. The number of carbonyl (C=O) groups is 3. The van der Waals surface area contributed by atoms with Gasteiger partial charge in [-0.2, -0.15) is 26.3 Å². The Morgan fingerprint density at radius 1 is 0.561 bits per heavy atom. The maximum atomic E-state index is 13.3. The van der Waals surface area contributed by atoms with Crippen molar-refractivity contribution in [1.29, 1.82) is 0 Å². The minimum Gasteiger partial charge on any atom is -0.508 e. The maximum absolute atomic E-state index is 13.3. The number of hydrogen-bond donors (Lipinski definition) is 4. The van der Waals surface area contributed by atoms with Gasteiger partial charge in [0.2, 0.25) is 0 Å². The summed E-state index contributed by atoms with van der Waals surface area (Å²) in [5.74, 6) is -3.17. The van der Waals surface area contributed by atoms with Crippen LogP contribution in [0.1, 0.15) is 115 Å². The third-order valence-corrected chi connectivity index (χ3v) is 13.1. The van der Waals surface area contributed by atoms with Crippen LogP contribution in [0.15, 0.2) is 72.8 Å². The molecule has 0 bridgehead atoms. The first-order chi connectivity index (χ1) is 30.1. The fourth-order valence-electron chi connectivity index (χ4n) is 6.59. The summed E-state index contributed by atoms with van der Waals surface area (Å²) in [6.45, 7) is 17.1. The highest BCUT2D eigenvalue weighted by Gasteiger charge is 2.62. The fraction of sp³-hybridized carbons (Fsp3) is 0.540. The molecule has 0 saturated heterocycles. The summed E-state index contributed by atoms with van der Waals surface area (Å²) in [5.41, 5.74) is -8.55. The first-order valence-electron chi connectivity index (χ1n) is 21.8. The Bertz CT molecular complexity index is 2280. The van der Waals surface area contributed by atoms with Gasteiger partial charge in [-0.15, -0.1) is 0 Å². The van der Waals surface area contributed by atoms with E-state index >= 15 is 0 Å². The van der Waals surface area contributed by atoms with Crippen molar-refractivity contribution in [1.82, 2.24) is 0 Å². The van der Waals surface area contributed by atoms with Crippen LogP contribution in [0.3, 0.4) is 0 Å². The first kappa shape index (κ1) is 55.2. The Hall–Kier alpha value is -5.09. The SMILES string of the molecule is CCC(C)(C)C(=O)OC1CC(C(C)(O)C(F)(F)F)CC(C(C)(O)C(F)(F)F)C1.CCC(C)(C)C(=O)Oc1ccc(O)c2ccccc12.CCC(C)(C)C(=O)Oc1ccc2cc(O)ccc2c1. The molecule has 366 valence electrons. The van der Waals surface area contributed by atoms with Crippen LogP contribution < -0.4 is 9.47 Å². The van der Waals surface area contributed by atoms with E-state index in [9.17, 15) is 61.2 Å². The number of phenolic OH excluding ortho intramolecular Hbond substituents is 2. The first-order valence-corrected chi connectivity index (χ1v) is 21.8. The number of hydrogen-bond acceptors (Lipinski definition) is 10. The molecule has 16 heteroatoms. The van der Waals surface area contributed by atoms with Gasteiger partial charge in [0, 0.05) is 22.6 Å². The van der Waals surface area contributed by atoms with Crippen molar-refractivity contribution in [2.75, 3.05) is 0 Å². The van der Waals surface area contributed by atoms with E-state index in [2.05, 4.69) is 0 Å². The molecule has 0 heterocycles. The van der Waals surface area contributed by atoms with Crippen molar-refractivity contribution in [3.05, 3.63) is 72.8 Å². The molecule has 4 aromatic rings. The molecule has 4 atom stereocenters. The molecule has 1 fully saturated rings. The van der Waals surface area contributed by atoms with Gasteiger partial charge in [0.15, 0.2) is 11.2 Å². The summed E-state index contributed by atoms with van der Waals surface area (Å²) in [7, 11) is 0. The van der Waals surface area contributed by atoms with Crippen molar-refractivity contribution in [3.63, 3.8) is 0 Å². The molecule has 1 aliphatic rings. The number of ether oxygens (including phenoxy) is 3. The van der Waals surface area contributed by atoms with Crippen LogP contribution in [0.2, 0.25) is 0 Å². The third kappa shape index (κ3) is 13.3. The number of esters is 3. The number of aliphatic hydroxyl groups is 2. The lowest BCUT2D eigenvalue weighted by Gasteiger charge is -2.46. The highest BCUT2D eigenvalue weighted by molar-refractivity contribution is 5.95. The molecule has 1 saturated carbocycles. The number of rotatable bonds is 11. The lowest BCUT2D eigenvalue weighted by Crippen LogP contribution is -2.57. The van der Waals surface area contributed by atoms with Crippen molar-refractivity contribution in [2.24, 2.45) is 28.1 Å². The predicted molar refractivity (Wildman–Crippen MR) is 239 cm³/mol. The molecule has 0 spiro atoms. The second-order valence-corrected chi connectivity index (χ2v) is 19.2. The Morgan fingerprint density at radius 2 is 1.00 bits per heavy atom. The molecule has 4 aromatic carbocycles. The zero-order valence-corrected chi connectivity index (χ0v) is 39.4. The van der Waals surface area contributed by atoms with E-state index in [0.717, 1.165) is 22.6 Å². The molecule has 0 aromatic heterocycles. The number of aromatic hydroxyl groups is 2. The fourth-order valence-corrected chi connectivity index (χ4v) is 6.59. The van der Waals surface area contributed by atoms with Gasteiger partial charge < -0.3 is 34.6 Å². The van der Waals surface area contributed by atoms with Gasteiger partial charge in [-0.1, -0.05) is 57.2 Å². The van der Waals surface area contributed by atoms with Gasteiger partial charge in [-0.25, -0.2) is 0 Å². The number of fused-ring (bicyclic) bond motifs is 2. The highest BCUT2D eigenvalue weighted by Crippen LogP contribution is 2.50. The Balaban J connectivity index is 0.000000270. The van der Waals surface area contributed by atoms with E-state index < -0.39 is 83.0 Å². The zero-order valence-electron chi connectivity index (χ0n) is 39.4. The van der Waals surface area contributed by atoms with Gasteiger partial charge in [-0.05, 0) is 141 Å². The largest absolute Gasteiger partial charge is 0.508 e. The monoisotopic (exact) mass is 938 g/mol. The van der Waals surface area contributed by atoms with Gasteiger partial charge >= 0.3 is 30.3 Å². The average Bonchev–Trinajstić information content (AvgIpc) is 3.24. The molecule has 4 N–H and O–H groups in total. The molecule has 5 rings (SSSR count). The van der Waals surface area contributed by atoms with Crippen molar-refractivity contribution in [2.45, 2.75) is 144 Å². The summed E-state index contributed by atoms with van der Waals surface area (Å²) in [4.78, 5) is 36.4. The molecular weight excluding hydrogens is 875 g/mol. The van der Waals surface area contributed by atoms with Crippen molar-refractivity contribution in [3.8, 4) is 23.0 Å². The van der Waals surface area contributed by atoms with E-state index in [1.54, 1.807) is 69.3 Å². The molecule has 66 heavy (non-hydrogen) atoms. The van der Waals surface area contributed by atoms with Crippen LogP contribution in [0, 0.1) is 28.1 Å². The topological polar surface area (TPSA) is 160 Å². The Kier molecular flexibility index (Phi) is 17.4. The molecule has 0 amide bonds. The van der Waals surface area contributed by atoms with E-state index in [1.165, 1.54) is 0 Å². The highest BCUT2D eigenvalue weighted by atomic mass is 19.4. The molecule has 10 nitrogen and oxygen atoms in total. The van der Waals surface area contributed by atoms with Gasteiger partial charge in [-0.3, -0.25) is 14.4 Å². The lowest BCUT2D eigenvalue weighted by atomic mass is 9.67. The van der Waals surface area contributed by atoms with E-state index in [1.807, 2.05) is 65.8 Å². The van der Waals surface area contributed by atoms with Gasteiger partial charge in [0.05, 0.1) is 16.2 Å². The lowest BCUT2D eigenvalue weighted by molar-refractivity contribution is -0.299. The minimum absolute atomic E-state index is 0.185. The standard InChI is InChI=1S/C18H28F6O4.2C16H18O3/c1-6-14(2,3)13(25)28-12-8-10(15(4,26)17(19,20)21)7-11(9-12)16(5,27)18(22,23)24;1-4-16(2,3)15(18)19-14-8-6-11-9-13(17)7-5-12(11)10-14;1-4-16(2,3)15(18)19-14-10-9-13(17)11-7-5-6-8-12(11)14/h10-12,26-27H,6-9H2,1-5H3;2*5-10,17H,4H2,1-3H3. The smallest absolute Gasteiger partial charge is 0.417 e. The number of alkyl halides is 6. The predicted octanol–water partition coefficient (Wildman–Crippen LogP) is 12.2. The summed E-state index contributed by atoms with van der Waals surface area (Å²) < 4.78 is 95.7. The van der Waals surface area contributed by atoms with Crippen LogP contribution in [0.4, 0.5) is 26.3 Å². The van der Waals surface area contributed by atoms with Crippen LogP contribution in [0.5, 0.6) is 23.0 Å². The minimum atomic E-state index is -5.10. The van der Waals surface area contributed by atoms with Crippen LogP contribution >= 0.6 is 0 Å². The summed E-state index contributed by atoms with van der Waals surface area (Å²) in [5, 5.41) is 42.4. The molecule has 4 unspecified atom stereocenters. The number of benzene rings is 4. The zero-order chi connectivity index (χ0) is 50.4. The van der Waals surface area contributed by atoms with Crippen molar-refractivity contribution < 1.29 is 75.4 Å². The molecular formula is C50H64F6O10. The van der Waals surface area contributed by atoms with E-state index in [0.29, 0.717) is 43.6 Å². The second-order valence-electron chi connectivity index (χ2n) is 19.2. The number of phenols is 2. The van der Waals surface area contributed by atoms with Crippen molar-refractivity contribution >= 4 is 39.5 Å². The van der Waals surface area contributed by atoms with E-state index in [-0.39, 0.29) is 23.4 Å². The Morgan fingerprint density at radius 3 is 1.48 bits per heavy atom. The third-order valence-electron chi connectivity index (χ3n) is 13.1. The number of carbonyl (C=O) groups excluding carboxylic acids is 3. The maximum Gasteiger partial charge on any atom is 0.417 e. The molecule has 1 aliphatic carbocycles. The molecule has 0 aliphatic heterocycles. The van der Waals surface area contributed by atoms with Gasteiger partial charge in [0.1, 0.15) is 29.1 Å². The van der Waals surface area contributed by atoms with E-state index in [4.69, 9.17) is 14.2 Å².